The van der Waals surface area contributed by atoms with Crippen LogP contribution < -0.4 is 0 Å². The van der Waals surface area contributed by atoms with Gasteiger partial charge in [0.15, 0.2) is 5.78 Å². The minimum Gasteiger partial charge on any atom is -0.388 e. The number of benzene rings is 1. The molecule has 0 amide bonds. The second-order valence-corrected chi connectivity index (χ2v) is 6.58. The third-order valence-electron chi connectivity index (χ3n) is 3.88. The number of allylic oxidation sites excluding steroid dienone is 1. The molecule has 0 spiro atoms. The number of Topliss-reactive ketones (excluding diaryl/α,β-unsaturated/α-hetero) is 1. The first-order chi connectivity index (χ1) is 11.0. The number of hydrogen-bond donors (Lipinski definition) is 1. The van der Waals surface area contributed by atoms with Gasteiger partial charge in [0.25, 0.3) is 0 Å². The normalized spacial score (nSPS) is 12.1. The third kappa shape index (κ3) is 4.36. The van der Waals surface area contributed by atoms with Gasteiger partial charge in [0, 0.05) is 29.2 Å². The number of thioether (sulfide) groups is 1. The number of rotatable bonds is 8. The molecule has 0 radical (unpaired) electrons. The molecular formula is C19H23NO2S. The van der Waals surface area contributed by atoms with Crippen molar-refractivity contribution in [2.45, 2.75) is 26.5 Å². The van der Waals surface area contributed by atoms with Gasteiger partial charge in [-0.3, -0.25) is 4.79 Å². The summed E-state index contributed by atoms with van der Waals surface area (Å²) >= 11 is 1.47. The zero-order valence-corrected chi connectivity index (χ0v) is 14.5. The summed E-state index contributed by atoms with van der Waals surface area (Å²) in [5.74, 6) is 1.00. The van der Waals surface area contributed by atoms with Gasteiger partial charge in [0.2, 0.25) is 0 Å². The van der Waals surface area contributed by atoms with Crippen molar-refractivity contribution in [1.29, 1.82) is 0 Å². The maximum atomic E-state index is 12.4. The zero-order valence-electron chi connectivity index (χ0n) is 13.7. The molecule has 1 heterocycles. The van der Waals surface area contributed by atoms with Crippen LogP contribution in [0, 0.1) is 13.8 Å². The number of aryl methyl sites for hydroxylation is 1. The van der Waals surface area contributed by atoms with Gasteiger partial charge in [-0.2, -0.15) is 11.8 Å². The Labute approximate surface area is 142 Å². The van der Waals surface area contributed by atoms with E-state index in [0.717, 1.165) is 22.5 Å². The van der Waals surface area contributed by atoms with E-state index in [-0.39, 0.29) is 5.78 Å². The van der Waals surface area contributed by atoms with E-state index in [1.54, 1.807) is 0 Å². The van der Waals surface area contributed by atoms with E-state index in [2.05, 4.69) is 11.1 Å². The third-order valence-corrected chi connectivity index (χ3v) is 4.90. The average molecular weight is 329 g/mol. The molecule has 1 N–H and O–H groups in total. The van der Waals surface area contributed by atoms with Crippen LogP contribution in [0.1, 0.15) is 33.4 Å². The van der Waals surface area contributed by atoms with E-state index in [0.29, 0.717) is 18.1 Å². The molecule has 1 aromatic carbocycles. The predicted molar refractivity (Wildman–Crippen MR) is 97.2 cm³/mol. The van der Waals surface area contributed by atoms with Crippen LogP contribution in [-0.4, -0.2) is 27.0 Å². The lowest BCUT2D eigenvalue weighted by Gasteiger charge is -2.10. The van der Waals surface area contributed by atoms with E-state index >= 15 is 0 Å². The summed E-state index contributed by atoms with van der Waals surface area (Å²) in [6, 6.07) is 11.5. The van der Waals surface area contributed by atoms with E-state index in [1.165, 1.54) is 11.8 Å². The summed E-state index contributed by atoms with van der Waals surface area (Å²) in [5.41, 5.74) is 3.71. The van der Waals surface area contributed by atoms with Crippen LogP contribution in [0.5, 0.6) is 0 Å². The highest BCUT2D eigenvalue weighted by Gasteiger charge is 2.16. The van der Waals surface area contributed by atoms with Crippen molar-refractivity contribution >= 4 is 17.5 Å². The van der Waals surface area contributed by atoms with Crippen molar-refractivity contribution in [3.05, 3.63) is 71.6 Å². The van der Waals surface area contributed by atoms with E-state index in [4.69, 9.17) is 0 Å². The molecule has 0 saturated carbocycles. The summed E-state index contributed by atoms with van der Waals surface area (Å²) < 4.78 is 2.09. The van der Waals surface area contributed by atoms with Gasteiger partial charge in [-0.05, 0) is 25.5 Å². The molecule has 0 bridgehead atoms. The van der Waals surface area contributed by atoms with Crippen LogP contribution in [0.25, 0.3) is 0 Å². The Morgan fingerprint density at radius 1 is 1.35 bits per heavy atom. The van der Waals surface area contributed by atoms with Crippen molar-refractivity contribution in [1.82, 2.24) is 4.57 Å². The van der Waals surface area contributed by atoms with Gasteiger partial charge in [-0.25, -0.2) is 0 Å². The van der Waals surface area contributed by atoms with Crippen LogP contribution in [0.2, 0.25) is 0 Å². The topological polar surface area (TPSA) is 42.2 Å². The molecule has 0 fully saturated rings. The maximum absolute atomic E-state index is 12.4. The van der Waals surface area contributed by atoms with Crippen molar-refractivity contribution in [2.24, 2.45) is 0 Å². The molecule has 2 aromatic rings. The summed E-state index contributed by atoms with van der Waals surface area (Å²) in [6.07, 6.45) is 1.29. The highest BCUT2D eigenvalue weighted by atomic mass is 32.2. The molecule has 0 aliphatic carbocycles. The number of carbonyl (C=O) groups excluding carboxylic acids is 1. The van der Waals surface area contributed by atoms with Gasteiger partial charge in [0.1, 0.15) is 0 Å². The molecular weight excluding hydrogens is 306 g/mol. The van der Waals surface area contributed by atoms with Crippen LogP contribution in [-0.2, 0) is 6.54 Å². The molecule has 122 valence electrons. The van der Waals surface area contributed by atoms with Gasteiger partial charge >= 0.3 is 0 Å². The molecule has 0 saturated heterocycles. The molecule has 0 aliphatic heterocycles. The Bertz CT molecular complexity index is 676. The molecule has 23 heavy (non-hydrogen) atoms. The highest BCUT2D eigenvalue weighted by molar-refractivity contribution is 8.00. The Balaban J connectivity index is 1.93. The Kier molecular flexibility index (Phi) is 6.25. The van der Waals surface area contributed by atoms with Gasteiger partial charge in [-0.1, -0.05) is 36.4 Å². The van der Waals surface area contributed by atoms with Gasteiger partial charge in [0.05, 0.1) is 11.9 Å². The van der Waals surface area contributed by atoms with Gasteiger partial charge in [-0.15, -0.1) is 6.58 Å². The lowest BCUT2D eigenvalue weighted by Crippen LogP contribution is -2.08. The predicted octanol–water partition coefficient (Wildman–Crippen LogP) is 3.94. The van der Waals surface area contributed by atoms with E-state index in [9.17, 15) is 9.90 Å². The quantitative estimate of drug-likeness (QED) is 0.589. The monoisotopic (exact) mass is 329 g/mol. The standard InChI is InChI=1S/C19H23NO2S/c1-4-10-20-14(2)11-17(15(20)3)19(22)13-23-12-18(21)16-8-6-5-7-9-16/h4-9,11,18,21H,1,10,12-13H2,2-3H3. The van der Waals surface area contributed by atoms with Crippen LogP contribution in [0.4, 0.5) is 0 Å². The fourth-order valence-corrected chi connectivity index (χ4v) is 3.48. The smallest absolute Gasteiger partial charge is 0.174 e. The molecule has 1 unspecified atom stereocenters. The fraction of sp³-hybridized carbons (Fsp3) is 0.316. The van der Waals surface area contributed by atoms with E-state index in [1.807, 2.05) is 56.3 Å². The summed E-state index contributed by atoms with van der Waals surface area (Å²) in [5, 5.41) is 10.1. The number of carbonyl (C=O) groups is 1. The fourth-order valence-electron chi connectivity index (χ4n) is 2.61. The number of aromatic nitrogens is 1. The Morgan fingerprint density at radius 2 is 2.04 bits per heavy atom. The van der Waals surface area contributed by atoms with Crippen LogP contribution in [0.15, 0.2) is 49.1 Å². The van der Waals surface area contributed by atoms with Crippen molar-refractivity contribution in [3.8, 4) is 0 Å². The zero-order chi connectivity index (χ0) is 16.8. The molecule has 2 rings (SSSR count). The summed E-state index contributed by atoms with van der Waals surface area (Å²) in [4.78, 5) is 12.4. The molecule has 4 heteroatoms. The van der Waals surface area contributed by atoms with E-state index < -0.39 is 6.10 Å². The first kappa shape index (κ1) is 17.6. The number of aliphatic hydroxyl groups excluding tert-OH is 1. The minimum absolute atomic E-state index is 0.110. The number of ketones is 1. The highest BCUT2D eigenvalue weighted by Crippen LogP contribution is 2.21. The lowest BCUT2D eigenvalue weighted by molar-refractivity contribution is 0.102. The second-order valence-electron chi connectivity index (χ2n) is 5.55. The molecule has 1 aromatic heterocycles. The Morgan fingerprint density at radius 3 is 2.70 bits per heavy atom. The molecule has 1 atom stereocenters. The minimum atomic E-state index is -0.540. The van der Waals surface area contributed by atoms with Crippen molar-refractivity contribution in [2.75, 3.05) is 11.5 Å². The van der Waals surface area contributed by atoms with Crippen molar-refractivity contribution < 1.29 is 9.90 Å². The first-order valence-corrected chi connectivity index (χ1v) is 8.81. The SMILES string of the molecule is C=CCn1c(C)cc(C(=O)CSCC(O)c2ccccc2)c1C. The number of hydrogen-bond acceptors (Lipinski definition) is 3. The molecule has 0 aliphatic rings. The number of nitrogens with zero attached hydrogens (tertiary/aromatic N) is 1. The average Bonchev–Trinajstić information content (AvgIpc) is 2.84. The second kappa shape index (κ2) is 8.18. The van der Waals surface area contributed by atoms with Crippen molar-refractivity contribution in [3.63, 3.8) is 0 Å². The van der Waals surface area contributed by atoms with Gasteiger partial charge < -0.3 is 9.67 Å². The largest absolute Gasteiger partial charge is 0.388 e. The Hall–Kier alpha value is -1.78. The van der Waals surface area contributed by atoms with Crippen LogP contribution >= 0.6 is 11.8 Å². The maximum Gasteiger partial charge on any atom is 0.174 e. The number of aliphatic hydroxyl groups is 1. The van der Waals surface area contributed by atoms with Crippen LogP contribution in [0.3, 0.4) is 0 Å². The first-order valence-electron chi connectivity index (χ1n) is 7.66. The summed E-state index contributed by atoms with van der Waals surface area (Å²) in [7, 11) is 0. The summed E-state index contributed by atoms with van der Waals surface area (Å²) in [6.45, 7) is 8.43. The lowest BCUT2D eigenvalue weighted by atomic mass is 10.1. The molecule has 3 nitrogen and oxygen atoms in total.